The molecular formula is C13H18O5. The first-order chi connectivity index (χ1) is 8.31. The lowest BCUT2D eigenvalue weighted by molar-refractivity contribution is -0.220. The average Bonchev–Trinajstić information content (AvgIpc) is 2.71. The molecule has 0 amide bonds. The van der Waals surface area contributed by atoms with E-state index in [1.807, 2.05) is 27.7 Å². The van der Waals surface area contributed by atoms with Crippen molar-refractivity contribution in [1.29, 1.82) is 0 Å². The third-order valence-electron chi connectivity index (χ3n) is 3.32. The molecular weight excluding hydrogens is 236 g/mol. The van der Waals surface area contributed by atoms with Crippen molar-refractivity contribution in [1.82, 2.24) is 0 Å². The standard InChI is InChI=1S/C13H18O5/c1-6-7-8-9(16-12(2,3)15-8)10-11(14-7)18-13(4,5)17-10/h1,7-11H,2-5H3/t7?,8-,9-,10?,11?/m1/s1. The monoisotopic (exact) mass is 254 g/mol. The van der Waals surface area contributed by atoms with Gasteiger partial charge in [-0.2, -0.15) is 0 Å². The van der Waals surface area contributed by atoms with E-state index in [1.54, 1.807) is 0 Å². The molecule has 3 aliphatic rings. The first-order valence-electron chi connectivity index (χ1n) is 6.14. The molecule has 18 heavy (non-hydrogen) atoms. The molecule has 3 heterocycles. The summed E-state index contributed by atoms with van der Waals surface area (Å²) in [7, 11) is 0. The van der Waals surface area contributed by atoms with Gasteiger partial charge in [0.05, 0.1) is 0 Å². The van der Waals surface area contributed by atoms with Gasteiger partial charge in [0, 0.05) is 0 Å². The van der Waals surface area contributed by atoms with Crippen LogP contribution in [0, 0.1) is 12.3 Å². The summed E-state index contributed by atoms with van der Waals surface area (Å²) in [6.45, 7) is 7.40. The maximum absolute atomic E-state index is 5.89. The molecule has 0 saturated carbocycles. The molecule has 100 valence electrons. The second-order valence-corrected chi connectivity index (χ2v) is 5.76. The van der Waals surface area contributed by atoms with Crippen molar-refractivity contribution in [3.8, 4) is 12.3 Å². The lowest BCUT2D eigenvalue weighted by atomic mass is 9.99. The topological polar surface area (TPSA) is 46.2 Å². The molecule has 3 fully saturated rings. The lowest BCUT2D eigenvalue weighted by Gasteiger charge is -2.34. The van der Waals surface area contributed by atoms with Gasteiger partial charge in [0.25, 0.3) is 0 Å². The largest absolute Gasteiger partial charge is 0.341 e. The fourth-order valence-electron chi connectivity index (χ4n) is 2.75. The number of rotatable bonds is 0. The summed E-state index contributed by atoms with van der Waals surface area (Å²) in [6.07, 6.45) is 3.63. The Hall–Kier alpha value is -0.640. The smallest absolute Gasteiger partial charge is 0.191 e. The van der Waals surface area contributed by atoms with Crippen LogP contribution in [-0.4, -0.2) is 42.3 Å². The summed E-state index contributed by atoms with van der Waals surface area (Å²) in [4.78, 5) is 0. The van der Waals surface area contributed by atoms with Crippen molar-refractivity contribution >= 4 is 0 Å². The van der Waals surface area contributed by atoms with Gasteiger partial charge in [-0.1, -0.05) is 5.92 Å². The minimum atomic E-state index is -0.695. The second-order valence-electron chi connectivity index (χ2n) is 5.76. The van der Waals surface area contributed by atoms with Crippen molar-refractivity contribution in [2.75, 3.05) is 0 Å². The van der Waals surface area contributed by atoms with Gasteiger partial charge in [0.2, 0.25) is 0 Å². The minimum Gasteiger partial charge on any atom is -0.341 e. The maximum atomic E-state index is 5.89. The van der Waals surface area contributed by atoms with E-state index in [9.17, 15) is 0 Å². The van der Waals surface area contributed by atoms with E-state index in [4.69, 9.17) is 30.1 Å². The zero-order chi connectivity index (χ0) is 13.1. The number of terminal acetylenes is 1. The van der Waals surface area contributed by atoms with Crippen LogP contribution in [0.2, 0.25) is 0 Å². The Bertz CT molecular complexity index is 397. The fraction of sp³-hybridized carbons (Fsp3) is 0.846. The van der Waals surface area contributed by atoms with Gasteiger partial charge in [0.1, 0.15) is 24.4 Å². The van der Waals surface area contributed by atoms with Crippen LogP contribution in [0.25, 0.3) is 0 Å². The number of hydrogen-bond acceptors (Lipinski definition) is 5. The quantitative estimate of drug-likeness (QED) is 0.604. The Morgan fingerprint density at radius 3 is 2.06 bits per heavy atom. The van der Waals surface area contributed by atoms with Gasteiger partial charge in [-0.05, 0) is 27.7 Å². The summed E-state index contributed by atoms with van der Waals surface area (Å²) >= 11 is 0. The molecule has 5 heteroatoms. The van der Waals surface area contributed by atoms with Crippen molar-refractivity contribution in [3.63, 3.8) is 0 Å². The molecule has 0 radical (unpaired) electrons. The van der Waals surface area contributed by atoms with E-state index in [0.29, 0.717) is 0 Å². The molecule has 3 unspecified atom stereocenters. The molecule has 3 aliphatic heterocycles. The number of ether oxygens (including phenoxy) is 5. The second kappa shape index (κ2) is 3.69. The third kappa shape index (κ3) is 1.85. The minimum absolute atomic E-state index is 0.262. The zero-order valence-electron chi connectivity index (χ0n) is 11.0. The van der Waals surface area contributed by atoms with Crippen LogP contribution in [0.3, 0.4) is 0 Å². The van der Waals surface area contributed by atoms with Crippen LogP contribution in [0.15, 0.2) is 0 Å². The van der Waals surface area contributed by atoms with Crippen molar-refractivity contribution in [2.45, 2.75) is 70.0 Å². The molecule has 0 N–H and O–H groups in total. The normalized spacial score (nSPS) is 48.3. The van der Waals surface area contributed by atoms with Crippen molar-refractivity contribution in [2.24, 2.45) is 0 Å². The summed E-state index contributed by atoms with van der Waals surface area (Å²) in [5, 5.41) is 0. The highest BCUT2D eigenvalue weighted by Crippen LogP contribution is 2.43. The Morgan fingerprint density at radius 1 is 0.833 bits per heavy atom. The number of fused-ring (bicyclic) bond motifs is 3. The molecule has 3 saturated heterocycles. The molecule has 0 aliphatic carbocycles. The fourth-order valence-corrected chi connectivity index (χ4v) is 2.75. The lowest BCUT2D eigenvalue weighted by Crippen LogP contribution is -2.54. The summed E-state index contributed by atoms with van der Waals surface area (Å²) < 4.78 is 28.9. The molecule has 0 aromatic carbocycles. The third-order valence-corrected chi connectivity index (χ3v) is 3.32. The maximum Gasteiger partial charge on any atom is 0.191 e. The van der Waals surface area contributed by atoms with Crippen LogP contribution in [-0.2, 0) is 23.7 Å². The Labute approximate surface area is 107 Å². The van der Waals surface area contributed by atoms with Gasteiger partial charge in [0.15, 0.2) is 17.9 Å². The molecule has 0 aromatic rings. The van der Waals surface area contributed by atoms with Crippen LogP contribution >= 0.6 is 0 Å². The van der Waals surface area contributed by atoms with Gasteiger partial charge < -0.3 is 23.7 Å². The van der Waals surface area contributed by atoms with Crippen LogP contribution in [0.5, 0.6) is 0 Å². The van der Waals surface area contributed by atoms with Gasteiger partial charge >= 0.3 is 0 Å². The molecule has 0 aromatic heterocycles. The predicted molar refractivity (Wildman–Crippen MR) is 61.4 cm³/mol. The molecule has 0 spiro atoms. The van der Waals surface area contributed by atoms with Crippen LogP contribution in [0.4, 0.5) is 0 Å². The molecule has 0 bridgehead atoms. The Kier molecular flexibility index (Phi) is 2.54. The van der Waals surface area contributed by atoms with Crippen LogP contribution < -0.4 is 0 Å². The van der Waals surface area contributed by atoms with E-state index in [0.717, 1.165) is 0 Å². The Morgan fingerprint density at radius 2 is 1.39 bits per heavy atom. The van der Waals surface area contributed by atoms with Gasteiger partial charge in [-0.3, -0.25) is 0 Å². The Balaban J connectivity index is 1.89. The van der Waals surface area contributed by atoms with E-state index in [-0.39, 0.29) is 18.3 Å². The molecule has 3 rings (SSSR count). The van der Waals surface area contributed by atoms with E-state index < -0.39 is 24.0 Å². The highest BCUT2D eigenvalue weighted by Gasteiger charge is 2.60. The van der Waals surface area contributed by atoms with E-state index in [2.05, 4.69) is 5.92 Å². The summed E-state index contributed by atoms with van der Waals surface area (Å²) in [6, 6.07) is 0. The zero-order valence-corrected chi connectivity index (χ0v) is 11.0. The van der Waals surface area contributed by atoms with Gasteiger partial charge in [-0.15, -0.1) is 6.42 Å². The summed E-state index contributed by atoms with van der Waals surface area (Å²) in [5.41, 5.74) is 0. The SMILES string of the molecule is C#CC1OC2OC(C)(C)OC2[C@@H]2OC(C)(C)O[C@H]12. The van der Waals surface area contributed by atoms with E-state index in [1.165, 1.54) is 0 Å². The van der Waals surface area contributed by atoms with Crippen LogP contribution in [0.1, 0.15) is 27.7 Å². The van der Waals surface area contributed by atoms with Gasteiger partial charge in [-0.25, -0.2) is 0 Å². The van der Waals surface area contributed by atoms with Crippen molar-refractivity contribution < 1.29 is 23.7 Å². The molecule has 5 nitrogen and oxygen atoms in total. The first kappa shape index (κ1) is 12.4. The highest BCUT2D eigenvalue weighted by molar-refractivity contribution is 5.10. The number of hydrogen-bond donors (Lipinski definition) is 0. The average molecular weight is 254 g/mol. The van der Waals surface area contributed by atoms with Crippen molar-refractivity contribution in [3.05, 3.63) is 0 Å². The molecule has 5 atom stereocenters. The highest BCUT2D eigenvalue weighted by atomic mass is 16.9. The first-order valence-corrected chi connectivity index (χ1v) is 6.14. The summed E-state index contributed by atoms with van der Waals surface area (Å²) in [5.74, 6) is 1.21. The predicted octanol–water partition coefficient (Wildman–Crippen LogP) is 1.02. The van der Waals surface area contributed by atoms with E-state index >= 15 is 0 Å².